The third-order valence-electron chi connectivity index (χ3n) is 3.41. The van der Waals surface area contributed by atoms with Gasteiger partial charge in [0.1, 0.15) is 5.65 Å². The molecular formula is C16H16N2O. The highest BCUT2D eigenvalue weighted by molar-refractivity contribution is 5.93. The van der Waals surface area contributed by atoms with Crippen molar-refractivity contribution in [1.82, 2.24) is 9.38 Å². The highest BCUT2D eigenvalue weighted by Gasteiger charge is 2.19. The van der Waals surface area contributed by atoms with E-state index in [4.69, 9.17) is 0 Å². The second kappa shape index (κ2) is 3.92. The molecule has 0 saturated heterocycles. The third kappa shape index (κ3) is 1.82. The molecule has 19 heavy (non-hydrogen) atoms. The largest absolute Gasteiger partial charge is 0.269 e. The summed E-state index contributed by atoms with van der Waals surface area (Å²) in [6.07, 6.45) is 3.52. The van der Waals surface area contributed by atoms with Crippen LogP contribution >= 0.6 is 0 Å². The maximum atomic E-state index is 12.5. The predicted molar refractivity (Wildman–Crippen MR) is 77.7 cm³/mol. The molecule has 0 bridgehead atoms. The van der Waals surface area contributed by atoms with Gasteiger partial charge in [0.2, 0.25) is 0 Å². The molecule has 0 spiro atoms. The lowest BCUT2D eigenvalue weighted by Crippen LogP contribution is -2.27. The minimum atomic E-state index is -0.198. The molecule has 0 N–H and O–H groups in total. The van der Waals surface area contributed by atoms with Crippen molar-refractivity contribution >= 4 is 16.4 Å². The van der Waals surface area contributed by atoms with Gasteiger partial charge in [-0.3, -0.25) is 9.20 Å². The van der Waals surface area contributed by atoms with Gasteiger partial charge in [-0.1, -0.05) is 45.0 Å². The van der Waals surface area contributed by atoms with Crippen LogP contribution < -0.4 is 5.56 Å². The fourth-order valence-corrected chi connectivity index (χ4v) is 2.32. The van der Waals surface area contributed by atoms with Crippen molar-refractivity contribution in [3.05, 3.63) is 58.6 Å². The quantitative estimate of drug-likeness (QED) is 0.576. The fraction of sp³-hybridized carbons (Fsp3) is 0.250. The average molecular weight is 252 g/mol. The summed E-state index contributed by atoms with van der Waals surface area (Å²) in [4.78, 5) is 17.0. The number of hydrogen-bond acceptors (Lipinski definition) is 2. The molecule has 2 heterocycles. The van der Waals surface area contributed by atoms with E-state index in [1.54, 1.807) is 10.6 Å². The van der Waals surface area contributed by atoms with Gasteiger partial charge in [-0.05, 0) is 16.9 Å². The van der Waals surface area contributed by atoms with Crippen LogP contribution in [-0.2, 0) is 5.41 Å². The molecule has 0 amide bonds. The zero-order valence-electron chi connectivity index (χ0n) is 11.3. The Morgan fingerprint density at radius 1 is 1.11 bits per heavy atom. The van der Waals surface area contributed by atoms with Crippen molar-refractivity contribution in [2.24, 2.45) is 0 Å². The zero-order valence-corrected chi connectivity index (χ0v) is 11.3. The molecule has 0 radical (unpaired) electrons. The molecular weight excluding hydrogens is 236 g/mol. The second-order valence-electron chi connectivity index (χ2n) is 5.82. The molecule has 0 fully saturated rings. The number of aromatic nitrogens is 2. The Hall–Kier alpha value is -2.16. The first kappa shape index (κ1) is 11.9. The van der Waals surface area contributed by atoms with Gasteiger partial charge in [0, 0.05) is 23.3 Å². The summed E-state index contributed by atoms with van der Waals surface area (Å²) >= 11 is 0. The van der Waals surface area contributed by atoms with Crippen molar-refractivity contribution in [3.8, 4) is 0 Å². The van der Waals surface area contributed by atoms with E-state index in [1.807, 2.05) is 57.3 Å². The SMILES string of the molecule is CC(C)(C)c1cnc2c3ccccc3ccn2c1=O. The Balaban J connectivity index is 2.47. The van der Waals surface area contributed by atoms with Gasteiger partial charge < -0.3 is 0 Å². The van der Waals surface area contributed by atoms with Crippen molar-refractivity contribution in [1.29, 1.82) is 0 Å². The molecule has 0 unspecified atom stereocenters. The lowest BCUT2D eigenvalue weighted by molar-refractivity contribution is 0.576. The Labute approximate surface area is 111 Å². The Bertz CT molecular complexity index is 825. The van der Waals surface area contributed by atoms with Crippen LogP contribution in [0.25, 0.3) is 16.4 Å². The number of hydrogen-bond donors (Lipinski definition) is 0. The smallest absolute Gasteiger partial charge is 0.261 e. The molecule has 0 atom stereocenters. The highest BCUT2D eigenvalue weighted by atomic mass is 16.1. The van der Waals surface area contributed by atoms with Crippen molar-refractivity contribution in [2.45, 2.75) is 26.2 Å². The minimum Gasteiger partial charge on any atom is -0.269 e. The van der Waals surface area contributed by atoms with Crippen LogP contribution in [0.4, 0.5) is 0 Å². The highest BCUT2D eigenvalue weighted by Crippen LogP contribution is 2.21. The number of pyridine rings is 1. The molecule has 0 saturated carbocycles. The van der Waals surface area contributed by atoms with Crippen LogP contribution in [0.2, 0.25) is 0 Å². The molecule has 1 aromatic carbocycles. The molecule has 96 valence electrons. The van der Waals surface area contributed by atoms with Gasteiger partial charge in [-0.15, -0.1) is 0 Å². The van der Waals surface area contributed by atoms with E-state index >= 15 is 0 Å². The third-order valence-corrected chi connectivity index (χ3v) is 3.41. The molecule has 3 nitrogen and oxygen atoms in total. The van der Waals surface area contributed by atoms with E-state index in [0.29, 0.717) is 0 Å². The van der Waals surface area contributed by atoms with Gasteiger partial charge in [0.25, 0.3) is 5.56 Å². The standard InChI is InChI=1S/C16H16N2O/c1-16(2,3)13-10-17-14-12-7-5-4-6-11(12)8-9-18(14)15(13)19/h4-10H,1-3H3. The van der Waals surface area contributed by atoms with Crippen LogP contribution in [0.1, 0.15) is 26.3 Å². The van der Waals surface area contributed by atoms with Crippen LogP contribution in [0.15, 0.2) is 47.5 Å². The summed E-state index contributed by atoms with van der Waals surface area (Å²) in [5.41, 5.74) is 1.27. The van der Waals surface area contributed by atoms with E-state index < -0.39 is 0 Å². The van der Waals surface area contributed by atoms with E-state index in [2.05, 4.69) is 4.98 Å². The van der Waals surface area contributed by atoms with Crippen LogP contribution in [-0.4, -0.2) is 9.38 Å². The van der Waals surface area contributed by atoms with Gasteiger partial charge in [0.15, 0.2) is 0 Å². The number of benzene rings is 1. The van der Waals surface area contributed by atoms with Crippen molar-refractivity contribution < 1.29 is 0 Å². The summed E-state index contributed by atoms with van der Waals surface area (Å²) < 4.78 is 1.64. The Kier molecular flexibility index (Phi) is 2.45. The normalized spacial score (nSPS) is 12.2. The van der Waals surface area contributed by atoms with Crippen LogP contribution in [0.3, 0.4) is 0 Å². The van der Waals surface area contributed by atoms with Crippen molar-refractivity contribution in [3.63, 3.8) is 0 Å². The number of nitrogens with zero attached hydrogens (tertiary/aromatic N) is 2. The lowest BCUT2D eigenvalue weighted by atomic mass is 9.89. The van der Waals surface area contributed by atoms with Gasteiger partial charge >= 0.3 is 0 Å². The van der Waals surface area contributed by atoms with E-state index in [9.17, 15) is 4.79 Å². The molecule has 3 aromatic rings. The van der Waals surface area contributed by atoms with E-state index in [1.165, 1.54) is 0 Å². The van der Waals surface area contributed by atoms with Crippen LogP contribution in [0, 0.1) is 0 Å². The predicted octanol–water partition coefficient (Wildman–Crippen LogP) is 3.15. The molecule has 0 aliphatic carbocycles. The van der Waals surface area contributed by atoms with Gasteiger partial charge in [-0.2, -0.15) is 0 Å². The molecule has 0 aliphatic rings. The monoisotopic (exact) mass is 252 g/mol. The maximum absolute atomic E-state index is 12.5. The van der Waals surface area contributed by atoms with E-state index in [0.717, 1.165) is 22.0 Å². The minimum absolute atomic E-state index is 0.0169. The van der Waals surface area contributed by atoms with E-state index in [-0.39, 0.29) is 11.0 Å². The second-order valence-corrected chi connectivity index (χ2v) is 5.82. The first-order valence-electron chi connectivity index (χ1n) is 6.38. The number of rotatable bonds is 0. The average Bonchev–Trinajstić information content (AvgIpc) is 2.37. The van der Waals surface area contributed by atoms with Gasteiger partial charge in [0.05, 0.1) is 0 Å². The molecule has 0 aliphatic heterocycles. The van der Waals surface area contributed by atoms with Crippen molar-refractivity contribution in [2.75, 3.05) is 0 Å². The topological polar surface area (TPSA) is 34.4 Å². The Morgan fingerprint density at radius 3 is 2.58 bits per heavy atom. The summed E-state index contributed by atoms with van der Waals surface area (Å²) in [6, 6.07) is 9.93. The summed E-state index contributed by atoms with van der Waals surface area (Å²) in [5, 5.41) is 2.10. The van der Waals surface area contributed by atoms with Crippen LogP contribution in [0.5, 0.6) is 0 Å². The summed E-state index contributed by atoms with van der Waals surface area (Å²) in [5.74, 6) is 0. The molecule has 3 rings (SSSR count). The first-order chi connectivity index (χ1) is 8.98. The first-order valence-corrected chi connectivity index (χ1v) is 6.38. The molecule has 2 aromatic heterocycles. The summed E-state index contributed by atoms with van der Waals surface area (Å²) in [7, 11) is 0. The van der Waals surface area contributed by atoms with Gasteiger partial charge in [-0.25, -0.2) is 4.98 Å². The fourth-order valence-electron chi connectivity index (χ4n) is 2.32. The maximum Gasteiger partial charge on any atom is 0.261 e. The Morgan fingerprint density at radius 2 is 1.84 bits per heavy atom. The lowest BCUT2D eigenvalue weighted by Gasteiger charge is -2.18. The summed E-state index contributed by atoms with van der Waals surface area (Å²) in [6.45, 7) is 6.08. The zero-order chi connectivity index (χ0) is 13.6. The molecule has 3 heteroatoms. The number of fused-ring (bicyclic) bond motifs is 3.